The second-order valence-corrected chi connectivity index (χ2v) is 8.48. The number of rotatable bonds is 9. The van der Waals surface area contributed by atoms with Crippen molar-refractivity contribution in [3.05, 3.63) is 54.3 Å². The van der Waals surface area contributed by atoms with Gasteiger partial charge in [0, 0.05) is 6.42 Å². The summed E-state index contributed by atoms with van der Waals surface area (Å²) in [5.41, 5.74) is -2.28. The number of hydrogen-bond donors (Lipinski definition) is 6. The minimum absolute atomic E-state index is 0.0415. The lowest BCUT2D eigenvalue weighted by molar-refractivity contribution is -0.343. The number of aromatic hydroxyl groups is 1. The monoisotopic (exact) mass is 526 g/mol. The van der Waals surface area contributed by atoms with E-state index in [0.29, 0.717) is 0 Å². The summed E-state index contributed by atoms with van der Waals surface area (Å²) in [6, 6.07) is 5.29. The lowest BCUT2D eigenvalue weighted by Crippen LogP contribution is -2.61. The average Bonchev–Trinajstić information content (AvgIpc) is 2.89. The van der Waals surface area contributed by atoms with Crippen LogP contribution >= 0.6 is 0 Å². The first-order valence-electron chi connectivity index (χ1n) is 11.3. The number of aliphatic hydroxyl groups excluding tert-OH is 4. The van der Waals surface area contributed by atoms with E-state index in [2.05, 4.69) is 6.58 Å². The molecule has 8 atom stereocenters. The number of esters is 2. The Kier molecular flexibility index (Phi) is 9.26. The maximum absolute atomic E-state index is 12.4. The molecule has 13 heteroatoms. The minimum Gasteiger partial charge on any atom is -0.508 e. The van der Waals surface area contributed by atoms with Crippen molar-refractivity contribution in [2.45, 2.75) is 49.0 Å². The van der Waals surface area contributed by atoms with Crippen molar-refractivity contribution in [1.82, 2.24) is 0 Å². The van der Waals surface area contributed by atoms with Gasteiger partial charge in [0.05, 0.1) is 38.1 Å². The van der Waals surface area contributed by atoms with Gasteiger partial charge >= 0.3 is 11.9 Å². The summed E-state index contributed by atoms with van der Waals surface area (Å²) in [4.78, 5) is 24.7. The van der Waals surface area contributed by atoms with E-state index in [0.717, 1.165) is 13.4 Å². The normalized spacial score (nSPS) is 33.6. The second-order valence-electron chi connectivity index (χ2n) is 8.48. The van der Waals surface area contributed by atoms with Gasteiger partial charge in [-0.25, -0.2) is 9.59 Å². The third-order valence-corrected chi connectivity index (χ3v) is 6.23. The Hall–Kier alpha value is -3.04. The lowest BCUT2D eigenvalue weighted by Gasteiger charge is -2.45. The van der Waals surface area contributed by atoms with Crippen molar-refractivity contribution in [1.29, 1.82) is 0 Å². The molecule has 2 heterocycles. The molecular formula is C24H30O13. The topological polar surface area (TPSA) is 202 Å². The summed E-state index contributed by atoms with van der Waals surface area (Å²) in [6.07, 6.45) is -7.63. The minimum atomic E-state index is -2.10. The number of carbonyl (C=O) groups excluding carboxylic acids is 2. The van der Waals surface area contributed by atoms with Crippen molar-refractivity contribution in [3.63, 3.8) is 0 Å². The zero-order valence-electron chi connectivity index (χ0n) is 19.9. The Morgan fingerprint density at radius 2 is 1.76 bits per heavy atom. The first-order valence-corrected chi connectivity index (χ1v) is 11.3. The fourth-order valence-electron chi connectivity index (χ4n) is 4.08. The van der Waals surface area contributed by atoms with Crippen molar-refractivity contribution in [2.75, 3.05) is 20.3 Å². The number of hydrogen-bond acceptors (Lipinski definition) is 13. The molecule has 0 bridgehead atoms. The predicted octanol–water partition coefficient (Wildman–Crippen LogP) is -1.30. The zero-order valence-corrected chi connectivity index (χ0v) is 19.9. The van der Waals surface area contributed by atoms with E-state index in [4.69, 9.17) is 23.7 Å². The Morgan fingerprint density at radius 1 is 1.08 bits per heavy atom. The van der Waals surface area contributed by atoms with Crippen molar-refractivity contribution < 1.29 is 63.9 Å². The van der Waals surface area contributed by atoms with Crippen molar-refractivity contribution in [2.24, 2.45) is 5.92 Å². The number of benzene rings is 1. The van der Waals surface area contributed by atoms with Crippen LogP contribution in [0.3, 0.4) is 0 Å². The number of ether oxygens (including phenoxy) is 5. The quantitative estimate of drug-likeness (QED) is 0.164. The van der Waals surface area contributed by atoms with Crippen LogP contribution in [-0.2, 0) is 28.5 Å². The molecule has 6 N–H and O–H groups in total. The van der Waals surface area contributed by atoms with Crippen molar-refractivity contribution in [3.8, 4) is 5.75 Å². The van der Waals surface area contributed by atoms with E-state index in [1.165, 1.54) is 30.3 Å². The van der Waals surface area contributed by atoms with E-state index in [-0.39, 0.29) is 29.9 Å². The highest BCUT2D eigenvalue weighted by Gasteiger charge is 2.53. The van der Waals surface area contributed by atoms with Crippen LogP contribution in [0.25, 0.3) is 0 Å². The number of phenolic OH excluding ortho intramolecular Hbond substituents is 1. The molecule has 3 rings (SSSR count). The SMILES string of the molecule is C=C[C@H]1[C@H](O[C@@H]2O[C@H](CO)[C@@H](O)[C@H](O)[C@H]2O)OC=C(C(=O)OC)[C@@]1(O)CCOC(=O)c1ccc(O)cc1. The molecule has 1 saturated heterocycles. The van der Waals surface area contributed by atoms with E-state index in [1.807, 2.05) is 0 Å². The Labute approximate surface area is 211 Å². The molecule has 0 aromatic heterocycles. The molecule has 0 amide bonds. The van der Waals surface area contributed by atoms with Gasteiger partial charge in [0.2, 0.25) is 6.29 Å². The molecule has 0 radical (unpaired) electrons. The first kappa shape index (κ1) is 28.5. The molecule has 0 unspecified atom stereocenters. The van der Waals surface area contributed by atoms with Crippen LogP contribution < -0.4 is 0 Å². The Balaban J connectivity index is 1.79. The Bertz CT molecular complexity index is 991. The lowest BCUT2D eigenvalue weighted by atomic mass is 9.77. The fraction of sp³-hybridized carbons (Fsp3) is 0.500. The van der Waals surface area contributed by atoms with Crippen LogP contribution in [0.5, 0.6) is 5.75 Å². The molecule has 1 aromatic carbocycles. The van der Waals surface area contributed by atoms with E-state index in [9.17, 15) is 40.2 Å². The number of phenols is 1. The third-order valence-electron chi connectivity index (χ3n) is 6.23. The van der Waals surface area contributed by atoms with Crippen LogP contribution in [0.2, 0.25) is 0 Å². The maximum Gasteiger partial charge on any atom is 0.339 e. The molecule has 0 saturated carbocycles. The molecule has 1 aromatic rings. The predicted molar refractivity (Wildman–Crippen MR) is 121 cm³/mol. The Morgan fingerprint density at radius 3 is 2.35 bits per heavy atom. The van der Waals surface area contributed by atoms with Crippen LogP contribution in [0.1, 0.15) is 16.8 Å². The standard InChI is InChI=1S/C24H30O13/c1-3-14-22(37-23-19(29)18(28)17(27)16(10-25)36-23)35-11-15(21(31)33-2)24(14,32)8-9-34-20(30)12-4-6-13(26)7-5-12/h3-7,11,14,16-19,22-23,25-29,32H,1,8-10H2,2H3/t14-,16+,17+,18-,19+,22-,23-,24+/m0/s1. The number of methoxy groups -OCH3 is 1. The second kappa shape index (κ2) is 12.0. The molecule has 204 valence electrons. The first-order chi connectivity index (χ1) is 17.6. The largest absolute Gasteiger partial charge is 0.508 e. The number of aliphatic hydroxyl groups is 5. The summed E-state index contributed by atoms with van der Waals surface area (Å²) in [5, 5.41) is 60.7. The molecule has 0 spiro atoms. The van der Waals surface area contributed by atoms with Crippen LogP contribution in [0.15, 0.2) is 48.8 Å². The van der Waals surface area contributed by atoms with Gasteiger partial charge in [0.25, 0.3) is 0 Å². The summed E-state index contributed by atoms with van der Waals surface area (Å²) in [5.74, 6) is -2.94. The van der Waals surface area contributed by atoms with Gasteiger partial charge in [0.1, 0.15) is 41.3 Å². The molecule has 2 aliphatic heterocycles. The van der Waals surface area contributed by atoms with Gasteiger partial charge in [-0.1, -0.05) is 6.08 Å². The van der Waals surface area contributed by atoms with Crippen LogP contribution in [0, 0.1) is 5.92 Å². The van der Waals surface area contributed by atoms with Gasteiger partial charge in [-0.3, -0.25) is 0 Å². The molecule has 1 fully saturated rings. The van der Waals surface area contributed by atoms with Gasteiger partial charge < -0.3 is 54.3 Å². The van der Waals surface area contributed by atoms with Crippen LogP contribution in [-0.4, -0.2) is 105 Å². The van der Waals surface area contributed by atoms with Crippen molar-refractivity contribution >= 4 is 11.9 Å². The number of carbonyl (C=O) groups is 2. The van der Waals surface area contributed by atoms with E-state index < -0.39 is 67.1 Å². The third kappa shape index (κ3) is 5.93. The molecule has 13 nitrogen and oxygen atoms in total. The molecule has 0 aliphatic carbocycles. The molecule has 2 aliphatic rings. The highest BCUT2D eigenvalue weighted by atomic mass is 16.8. The summed E-state index contributed by atoms with van der Waals surface area (Å²) in [6.45, 7) is 2.59. The van der Waals surface area contributed by atoms with Gasteiger partial charge in [-0.15, -0.1) is 6.58 Å². The van der Waals surface area contributed by atoms with Gasteiger partial charge in [-0.05, 0) is 24.3 Å². The maximum atomic E-state index is 12.4. The summed E-state index contributed by atoms with van der Waals surface area (Å²) < 4.78 is 26.4. The molecule has 37 heavy (non-hydrogen) atoms. The fourth-order valence-corrected chi connectivity index (χ4v) is 4.08. The highest BCUT2D eigenvalue weighted by Crippen LogP contribution is 2.40. The summed E-state index contributed by atoms with van der Waals surface area (Å²) in [7, 11) is 1.09. The average molecular weight is 526 g/mol. The zero-order chi connectivity index (χ0) is 27.3. The highest BCUT2D eigenvalue weighted by molar-refractivity contribution is 5.91. The summed E-state index contributed by atoms with van der Waals surface area (Å²) >= 11 is 0. The van der Waals surface area contributed by atoms with Gasteiger partial charge in [-0.2, -0.15) is 0 Å². The smallest absolute Gasteiger partial charge is 0.339 e. The van der Waals surface area contributed by atoms with E-state index >= 15 is 0 Å². The van der Waals surface area contributed by atoms with E-state index in [1.54, 1.807) is 0 Å². The van der Waals surface area contributed by atoms with Gasteiger partial charge in [0.15, 0.2) is 6.29 Å². The van der Waals surface area contributed by atoms with Crippen LogP contribution in [0.4, 0.5) is 0 Å². The molecular weight excluding hydrogens is 496 g/mol.